The van der Waals surface area contributed by atoms with E-state index in [-0.39, 0.29) is 6.04 Å². The molecule has 18 heavy (non-hydrogen) atoms. The van der Waals surface area contributed by atoms with E-state index in [1.165, 1.54) is 5.56 Å². The van der Waals surface area contributed by atoms with Gasteiger partial charge >= 0.3 is 0 Å². The fourth-order valence-electron chi connectivity index (χ4n) is 1.82. The van der Waals surface area contributed by atoms with Crippen molar-refractivity contribution in [3.05, 3.63) is 29.8 Å². The predicted octanol–water partition coefficient (Wildman–Crippen LogP) is 2.73. The second kappa shape index (κ2) is 7.34. The molecule has 1 aromatic carbocycles. The zero-order valence-electron chi connectivity index (χ0n) is 11.6. The molecule has 1 rings (SSSR count). The summed E-state index contributed by atoms with van der Waals surface area (Å²) in [5.41, 5.74) is 2.36. The van der Waals surface area contributed by atoms with Gasteiger partial charge in [0, 0.05) is 25.4 Å². The van der Waals surface area contributed by atoms with Crippen LogP contribution in [0.25, 0.3) is 0 Å². The lowest BCUT2D eigenvalue weighted by Gasteiger charge is -2.27. The smallest absolute Gasteiger partial charge is 0.173 e. The third kappa shape index (κ3) is 4.27. The number of hydrogen-bond acceptors (Lipinski definition) is 2. The summed E-state index contributed by atoms with van der Waals surface area (Å²) in [5.74, 6) is 0. The summed E-state index contributed by atoms with van der Waals surface area (Å²) >= 11 is 5.45. The fourth-order valence-corrected chi connectivity index (χ4v) is 2.26. The van der Waals surface area contributed by atoms with Crippen LogP contribution >= 0.6 is 12.2 Å². The molecule has 0 radical (unpaired) electrons. The van der Waals surface area contributed by atoms with Gasteiger partial charge in [0.25, 0.3) is 0 Å². The van der Waals surface area contributed by atoms with Crippen LogP contribution in [0.4, 0.5) is 5.69 Å². The number of anilines is 1. The molecule has 1 atom stereocenters. The highest BCUT2D eigenvalue weighted by Crippen LogP contribution is 2.16. The van der Waals surface area contributed by atoms with Gasteiger partial charge in [-0.25, -0.2) is 0 Å². The third-order valence-corrected chi connectivity index (χ3v) is 3.00. The molecule has 0 aliphatic heterocycles. The summed E-state index contributed by atoms with van der Waals surface area (Å²) in [6, 6.07) is 8.56. The molecular formula is C14H22N2OS. The number of benzene rings is 1. The molecule has 0 amide bonds. The van der Waals surface area contributed by atoms with E-state index in [0.29, 0.717) is 6.61 Å². The van der Waals surface area contributed by atoms with Crippen LogP contribution in [-0.2, 0) is 4.74 Å². The summed E-state index contributed by atoms with van der Waals surface area (Å²) in [6.07, 6.45) is 0. The Labute approximate surface area is 115 Å². The maximum Gasteiger partial charge on any atom is 0.173 e. The number of methoxy groups -OCH3 is 1. The maximum atomic E-state index is 5.45. The Morgan fingerprint density at radius 3 is 2.78 bits per heavy atom. The molecule has 0 spiro atoms. The van der Waals surface area contributed by atoms with E-state index < -0.39 is 0 Å². The first-order valence-corrected chi connectivity index (χ1v) is 6.63. The van der Waals surface area contributed by atoms with Gasteiger partial charge in [-0.2, -0.15) is 0 Å². The van der Waals surface area contributed by atoms with Gasteiger partial charge in [0.1, 0.15) is 0 Å². The average Bonchev–Trinajstić information content (AvgIpc) is 2.30. The number of aryl methyl sites for hydroxylation is 1. The van der Waals surface area contributed by atoms with Crippen molar-refractivity contribution in [3.8, 4) is 0 Å². The first kappa shape index (κ1) is 14.9. The minimum atomic E-state index is 0.210. The summed E-state index contributed by atoms with van der Waals surface area (Å²) in [5, 5.41) is 4.03. The summed E-state index contributed by atoms with van der Waals surface area (Å²) in [7, 11) is 1.69. The third-order valence-electron chi connectivity index (χ3n) is 2.66. The van der Waals surface area contributed by atoms with Crippen LogP contribution in [0.15, 0.2) is 24.3 Å². The van der Waals surface area contributed by atoms with Gasteiger partial charge in [-0.3, -0.25) is 0 Å². The Morgan fingerprint density at radius 2 is 2.22 bits per heavy atom. The Morgan fingerprint density at radius 1 is 1.50 bits per heavy atom. The van der Waals surface area contributed by atoms with Crippen LogP contribution in [0, 0.1) is 6.92 Å². The predicted molar refractivity (Wildman–Crippen MR) is 81.3 cm³/mol. The van der Waals surface area contributed by atoms with Crippen LogP contribution < -0.4 is 10.2 Å². The van der Waals surface area contributed by atoms with Crippen LogP contribution in [0.3, 0.4) is 0 Å². The molecule has 0 bridgehead atoms. The molecule has 4 heteroatoms. The number of hydrogen-bond donors (Lipinski definition) is 1. The number of rotatable bonds is 5. The SMILES string of the molecule is CCN(C(=S)NC(C)COC)c1cccc(C)c1. The van der Waals surface area contributed by atoms with Crippen molar-refractivity contribution in [2.75, 3.05) is 25.2 Å². The van der Waals surface area contributed by atoms with Crippen LogP contribution in [0.1, 0.15) is 19.4 Å². The molecule has 1 unspecified atom stereocenters. The molecule has 0 heterocycles. The second-order valence-electron chi connectivity index (χ2n) is 4.39. The van der Waals surface area contributed by atoms with Crippen LogP contribution in [0.5, 0.6) is 0 Å². The average molecular weight is 266 g/mol. The Balaban J connectivity index is 2.74. The molecule has 100 valence electrons. The van der Waals surface area contributed by atoms with Gasteiger partial charge in [0.05, 0.1) is 6.61 Å². The van der Waals surface area contributed by atoms with Crippen molar-refractivity contribution in [3.63, 3.8) is 0 Å². The molecule has 0 saturated carbocycles. The monoisotopic (exact) mass is 266 g/mol. The normalized spacial score (nSPS) is 12.0. The van der Waals surface area contributed by atoms with Crippen molar-refractivity contribution in [1.82, 2.24) is 5.32 Å². The number of ether oxygens (including phenoxy) is 1. The Hall–Kier alpha value is -1.13. The highest BCUT2D eigenvalue weighted by molar-refractivity contribution is 7.80. The van der Waals surface area contributed by atoms with Crippen molar-refractivity contribution < 1.29 is 4.74 Å². The van der Waals surface area contributed by atoms with E-state index in [0.717, 1.165) is 17.3 Å². The van der Waals surface area contributed by atoms with Gasteiger partial charge < -0.3 is 15.0 Å². The van der Waals surface area contributed by atoms with Crippen molar-refractivity contribution in [1.29, 1.82) is 0 Å². The molecule has 0 fully saturated rings. The minimum Gasteiger partial charge on any atom is -0.383 e. The maximum absolute atomic E-state index is 5.45. The molecule has 0 aromatic heterocycles. The lowest BCUT2D eigenvalue weighted by molar-refractivity contribution is 0.179. The standard InChI is InChI=1S/C14H22N2OS/c1-5-16(13-8-6-7-11(2)9-13)14(18)15-12(3)10-17-4/h6-9,12H,5,10H2,1-4H3,(H,15,18). The topological polar surface area (TPSA) is 24.5 Å². The van der Waals surface area contributed by atoms with Crippen LogP contribution in [-0.4, -0.2) is 31.4 Å². The minimum absolute atomic E-state index is 0.210. The highest BCUT2D eigenvalue weighted by Gasteiger charge is 2.12. The molecule has 1 N–H and O–H groups in total. The Bertz CT molecular complexity index is 395. The molecule has 0 saturated heterocycles. The molecule has 0 aliphatic rings. The van der Waals surface area contributed by atoms with E-state index in [4.69, 9.17) is 17.0 Å². The van der Waals surface area contributed by atoms with Crippen LogP contribution in [0.2, 0.25) is 0 Å². The van der Waals surface area contributed by atoms with Crippen molar-refractivity contribution in [2.45, 2.75) is 26.8 Å². The summed E-state index contributed by atoms with van der Waals surface area (Å²) in [4.78, 5) is 2.09. The van der Waals surface area contributed by atoms with E-state index in [2.05, 4.69) is 55.3 Å². The van der Waals surface area contributed by atoms with Crippen molar-refractivity contribution >= 4 is 23.0 Å². The number of thiocarbonyl (C=S) groups is 1. The zero-order chi connectivity index (χ0) is 13.5. The molecule has 3 nitrogen and oxygen atoms in total. The largest absolute Gasteiger partial charge is 0.383 e. The Kier molecular flexibility index (Phi) is 6.09. The van der Waals surface area contributed by atoms with Gasteiger partial charge in [0.2, 0.25) is 0 Å². The van der Waals surface area contributed by atoms with E-state index in [9.17, 15) is 0 Å². The van der Waals surface area contributed by atoms with Gasteiger partial charge in [0.15, 0.2) is 5.11 Å². The fraction of sp³-hybridized carbons (Fsp3) is 0.500. The summed E-state index contributed by atoms with van der Waals surface area (Å²) in [6.45, 7) is 7.72. The van der Waals surface area contributed by atoms with Gasteiger partial charge in [-0.1, -0.05) is 12.1 Å². The summed E-state index contributed by atoms with van der Waals surface area (Å²) < 4.78 is 5.10. The van der Waals surface area contributed by atoms with Crippen molar-refractivity contribution in [2.24, 2.45) is 0 Å². The quantitative estimate of drug-likeness (QED) is 0.828. The van der Waals surface area contributed by atoms with E-state index >= 15 is 0 Å². The number of nitrogens with one attached hydrogen (secondary N) is 1. The van der Waals surface area contributed by atoms with E-state index in [1.54, 1.807) is 7.11 Å². The first-order valence-electron chi connectivity index (χ1n) is 6.22. The first-order chi connectivity index (χ1) is 8.58. The molecular weight excluding hydrogens is 244 g/mol. The second-order valence-corrected chi connectivity index (χ2v) is 4.78. The van der Waals surface area contributed by atoms with E-state index in [1.807, 2.05) is 0 Å². The number of nitrogens with zero attached hydrogens (tertiary/aromatic N) is 1. The lowest BCUT2D eigenvalue weighted by atomic mass is 10.2. The zero-order valence-corrected chi connectivity index (χ0v) is 12.4. The lowest BCUT2D eigenvalue weighted by Crippen LogP contribution is -2.45. The van der Waals surface area contributed by atoms with Gasteiger partial charge in [-0.15, -0.1) is 0 Å². The van der Waals surface area contributed by atoms with Gasteiger partial charge in [-0.05, 0) is 50.7 Å². The molecule has 0 aliphatic carbocycles. The highest BCUT2D eigenvalue weighted by atomic mass is 32.1. The molecule has 1 aromatic rings.